The Morgan fingerprint density at radius 3 is 2.30 bits per heavy atom. The Labute approximate surface area is 119 Å². The molecule has 20 heavy (non-hydrogen) atoms. The summed E-state index contributed by atoms with van der Waals surface area (Å²) in [6, 6.07) is 3.65. The van der Waals surface area contributed by atoms with E-state index in [0.717, 1.165) is 22.6 Å². The number of hydrogen-bond donors (Lipinski definition) is 1. The van der Waals surface area contributed by atoms with Crippen molar-refractivity contribution in [1.82, 2.24) is 0 Å². The van der Waals surface area contributed by atoms with Crippen LogP contribution in [0.1, 0.15) is 45.2 Å². The number of aryl methyl sites for hydroxylation is 1. The van der Waals surface area contributed by atoms with Gasteiger partial charge in [0.25, 0.3) is 5.91 Å². The summed E-state index contributed by atoms with van der Waals surface area (Å²) < 4.78 is 0. The van der Waals surface area contributed by atoms with Crippen LogP contribution in [0.3, 0.4) is 0 Å². The summed E-state index contributed by atoms with van der Waals surface area (Å²) in [6.45, 7) is 6.96. The smallest absolute Gasteiger partial charge is 0.330 e. The lowest BCUT2D eigenvalue weighted by Gasteiger charge is -2.24. The van der Waals surface area contributed by atoms with Crippen LogP contribution in [0, 0.1) is 0 Å². The highest BCUT2D eigenvalue weighted by atomic mass is 16.7. The molecular formula is C15H22N2O3. The maximum absolute atomic E-state index is 12.0. The number of amides is 1. The van der Waals surface area contributed by atoms with Gasteiger partial charge in [0.05, 0.1) is 5.69 Å². The zero-order valence-corrected chi connectivity index (χ0v) is 12.5. The first-order valence-corrected chi connectivity index (χ1v) is 6.87. The number of carbonyl (C=O) groups excluding carboxylic acids is 2. The molecule has 0 heterocycles. The predicted octanol–water partition coefficient (Wildman–Crippen LogP) is 2.61. The van der Waals surface area contributed by atoms with E-state index in [4.69, 9.17) is 10.6 Å². The normalized spacial score (nSPS) is 10.2. The minimum absolute atomic E-state index is 0.242. The van der Waals surface area contributed by atoms with Crippen LogP contribution < -0.4 is 10.8 Å². The molecule has 5 nitrogen and oxygen atoms in total. The maximum atomic E-state index is 12.0. The van der Waals surface area contributed by atoms with Gasteiger partial charge in [-0.3, -0.25) is 4.79 Å². The minimum Gasteiger partial charge on any atom is -0.398 e. The van der Waals surface area contributed by atoms with Gasteiger partial charge in [-0.15, -0.1) is 5.06 Å². The van der Waals surface area contributed by atoms with Crippen LogP contribution >= 0.6 is 0 Å². The summed E-state index contributed by atoms with van der Waals surface area (Å²) in [4.78, 5) is 28.2. The third-order valence-corrected chi connectivity index (χ3v) is 3.12. The highest BCUT2D eigenvalue weighted by molar-refractivity contribution is 5.94. The molecule has 1 aromatic carbocycles. The fourth-order valence-electron chi connectivity index (χ4n) is 2.08. The average Bonchev–Trinajstić information content (AvgIpc) is 2.43. The Morgan fingerprint density at radius 2 is 1.85 bits per heavy atom. The van der Waals surface area contributed by atoms with Gasteiger partial charge in [0.1, 0.15) is 0 Å². The van der Waals surface area contributed by atoms with Crippen LogP contribution in [0.5, 0.6) is 0 Å². The molecule has 0 fully saturated rings. The fourth-order valence-corrected chi connectivity index (χ4v) is 2.08. The van der Waals surface area contributed by atoms with E-state index in [1.807, 2.05) is 19.9 Å². The number of nitrogens with two attached hydrogens (primary N) is 1. The number of nitrogens with zero attached hydrogens (tertiary/aromatic N) is 1. The number of rotatable bonds is 4. The van der Waals surface area contributed by atoms with E-state index in [2.05, 4.69) is 0 Å². The van der Waals surface area contributed by atoms with Crippen LogP contribution in [0.15, 0.2) is 12.1 Å². The molecule has 2 N–H and O–H groups in total. The number of hydroxylamine groups is 1. The summed E-state index contributed by atoms with van der Waals surface area (Å²) in [6.07, 6.45) is 1.71. The molecule has 0 bridgehead atoms. The maximum Gasteiger partial charge on any atom is 0.330 e. The van der Waals surface area contributed by atoms with E-state index in [9.17, 15) is 9.59 Å². The van der Waals surface area contributed by atoms with E-state index < -0.39 is 5.97 Å². The van der Waals surface area contributed by atoms with Crippen molar-refractivity contribution >= 4 is 23.3 Å². The second-order valence-corrected chi connectivity index (χ2v) is 4.47. The predicted molar refractivity (Wildman–Crippen MR) is 79.2 cm³/mol. The van der Waals surface area contributed by atoms with Crippen molar-refractivity contribution in [2.75, 3.05) is 10.8 Å². The van der Waals surface area contributed by atoms with Crippen molar-refractivity contribution in [3.63, 3.8) is 0 Å². The number of nitrogen functional groups attached to an aromatic ring is 1. The summed E-state index contributed by atoms with van der Waals surface area (Å²) in [5.41, 5.74) is 9.19. The number of hydrogen-bond acceptors (Lipinski definition) is 4. The molecular weight excluding hydrogens is 256 g/mol. The van der Waals surface area contributed by atoms with Crippen LogP contribution in [0.2, 0.25) is 0 Å². The van der Waals surface area contributed by atoms with Crippen molar-refractivity contribution in [2.45, 2.75) is 47.0 Å². The zero-order chi connectivity index (χ0) is 15.3. The average molecular weight is 278 g/mol. The van der Waals surface area contributed by atoms with E-state index in [-0.39, 0.29) is 12.3 Å². The molecule has 110 valence electrons. The van der Waals surface area contributed by atoms with Crippen LogP contribution in [-0.4, -0.2) is 11.9 Å². The molecule has 5 heteroatoms. The van der Waals surface area contributed by atoms with E-state index in [1.165, 1.54) is 6.92 Å². The second-order valence-electron chi connectivity index (χ2n) is 4.47. The summed E-state index contributed by atoms with van der Waals surface area (Å²) >= 11 is 0. The van der Waals surface area contributed by atoms with Gasteiger partial charge in [0, 0.05) is 24.6 Å². The molecule has 0 saturated carbocycles. The highest BCUT2D eigenvalue weighted by Crippen LogP contribution is 2.30. The van der Waals surface area contributed by atoms with Gasteiger partial charge in [-0.05, 0) is 24.5 Å². The molecule has 0 aliphatic heterocycles. The first kappa shape index (κ1) is 16.0. The lowest BCUT2D eigenvalue weighted by Crippen LogP contribution is -2.33. The molecule has 0 spiro atoms. The molecule has 1 rings (SSSR count). The molecule has 1 aromatic rings. The Hall–Kier alpha value is -2.04. The monoisotopic (exact) mass is 278 g/mol. The van der Waals surface area contributed by atoms with Crippen molar-refractivity contribution in [2.24, 2.45) is 0 Å². The number of benzene rings is 1. The van der Waals surface area contributed by atoms with Gasteiger partial charge in [-0.2, -0.15) is 0 Å². The third kappa shape index (κ3) is 3.29. The molecule has 0 unspecified atom stereocenters. The Morgan fingerprint density at radius 1 is 1.20 bits per heavy atom. The van der Waals surface area contributed by atoms with Crippen molar-refractivity contribution in [1.29, 1.82) is 0 Å². The van der Waals surface area contributed by atoms with Gasteiger partial charge >= 0.3 is 5.97 Å². The molecule has 0 atom stereocenters. The third-order valence-electron chi connectivity index (χ3n) is 3.12. The van der Waals surface area contributed by atoms with Crippen molar-refractivity contribution in [3.8, 4) is 0 Å². The van der Waals surface area contributed by atoms with Gasteiger partial charge < -0.3 is 10.6 Å². The molecule has 0 saturated heterocycles. The van der Waals surface area contributed by atoms with Gasteiger partial charge in [-0.25, -0.2) is 4.79 Å². The zero-order valence-electron chi connectivity index (χ0n) is 12.5. The Balaban J connectivity index is 3.36. The van der Waals surface area contributed by atoms with Gasteiger partial charge in [0.2, 0.25) is 0 Å². The summed E-state index contributed by atoms with van der Waals surface area (Å²) in [7, 11) is 0. The molecule has 0 aliphatic rings. The summed E-state index contributed by atoms with van der Waals surface area (Å²) in [5.74, 6) is -0.814. The first-order chi connectivity index (χ1) is 9.46. The van der Waals surface area contributed by atoms with Crippen molar-refractivity contribution < 1.29 is 14.4 Å². The van der Waals surface area contributed by atoms with E-state index >= 15 is 0 Å². The topological polar surface area (TPSA) is 72.6 Å². The van der Waals surface area contributed by atoms with Crippen LogP contribution in [0.25, 0.3) is 0 Å². The number of carbonyl (C=O) groups is 2. The van der Waals surface area contributed by atoms with Crippen molar-refractivity contribution in [3.05, 3.63) is 23.3 Å². The molecule has 0 aliphatic carbocycles. The molecule has 0 radical (unpaired) electrons. The number of anilines is 2. The first-order valence-electron chi connectivity index (χ1n) is 6.87. The Bertz CT molecular complexity index is 512. The van der Waals surface area contributed by atoms with E-state index in [0.29, 0.717) is 17.8 Å². The van der Waals surface area contributed by atoms with Crippen LogP contribution in [-0.2, 0) is 27.3 Å². The molecule has 0 aromatic heterocycles. The largest absolute Gasteiger partial charge is 0.398 e. The fraction of sp³-hybridized carbons (Fsp3) is 0.467. The minimum atomic E-state index is -0.535. The van der Waals surface area contributed by atoms with E-state index in [1.54, 1.807) is 13.0 Å². The SMILES string of the molecule is CCC(=O)N(OC(C)=O)c1ccc(CC)c(N)c1CC. The van der Waals surface area contributed by atoms with Gasteiger partial charge in [-0.1, -0.05) is 26.8 Å². The summed E-state index contributed by atoms with van der Waals surface area (Å²) in [5, 5.41) is 1.05. The molecule has 1 amide bonds. The van der Waals surface area contributed by atoms with Gasteiger partial charge in [0.15, 0.2) is 0 Å². The van der Waals surface area contributed by atoms with Crippen LogP contribution in [0.4, 0.5) is 11.4 Å². The standard InChI is InChI=1S/C15H22N2O3/c1-5-11-8-9-13(12(6-2)15(11)16)17(14(19)7-3)20-10(4)18/h8-9H,5-7,16H2,1-4H3. The lowest BCUT2D eigenvalue weighted by atomic mass is 10.0. The Kier molecular flexibility index (Phi) is 5.55. The highest BCUT2D eigenvalue weighted by Gasteiger charge is 2.22. The quantitative estimate of drug-likeness (QED) is 0.678. The lowest BCUT2D eigenvalue weighted by molar-refractivity contribution is -0.148. The second kappa shape index (κ2) is 6.93.